The highest BCUT2D eigenvalue weighted by Gasteiger charge is 2.43. The molecular weight excluding hydrogens is 312 g/mol. The number of ether oxygens (including phenoxy) is 1. The van der Waals surface area contributed by atoms with Gasteiger partial charge in [-0.3, -0.25) is 4.90 Å². The number of methoxy groups -OCH3 is 1. The van der Waals surface area contributed by atoms with Gasteiger partial charge in [-0.15, -0.1) is 0 Å². The van der Waals surface area contributed by atoms with Crippen molar-refractivity contribution in [2.24, 2.45) is 5.92 Å². The Kier molecular flexibility index (Phi) is 3.19. The molecule has 0 spiro atoms. The van der Waals surface area contributed by atoms with Gasteiger partial charge in [0.2, 0.25) is 0 Å². The number of carbonyl (C=O) groups excluding carboxylic acids is 1. The maximum absolute atomic E-state index is 12.6. The van der Waals surface area contributed by atoms with E-state index in [2.05, 4.69) is 52.9 Å². The first kappa shape index (κ1) is 15.0. The molecule has 0 amide bonds. The average molecular weight is 334 g/mol. The Labute approximate surface area is 147 Å². The number of para-hydroxylation sites is 1. The monoisotopic (exact) mass is 334 g/mol. The first-order chi connectivity index (χ1) is 12.2. The second kappa shape index (κ2) is 5.33. The van der Waals surface area contributed by atoms with Gasteiger partial charge in [0.05, 0.1) is 24.2 Å². The summed E-state index contributed by atoms with van der Waals surface area (Å²) in [6.07, 6.45) is 6.27. The summed E-state index contributed by atoms with van der Waals surface area (Å²) < 4.78 is 7.41. The third-order valence-electron chi connectivity index (χ3n) is 6.19. The highest BCUT2D eigenvalue weighted by atomic mass is 16.5. The zero-order valence-corrected chi connectivity index (χ0v) is 14.7. The van der Waals surface area contributed by atoms with Gasteiger partial charge in [-0.25, -0.2) is 4.79 Å². The van der Waals surface area contributed by atoms with Crippen LogP contribution in [0.1, 0.15) is 30.6 Å². The van der Waals surface area contributed by atoms with Gasteiger partial charge in [-0.2, -0.15) is 0 Å². The fourth-order valence-electron chi connectivity index (χ4n) is 5.03. The van der Waals surface area contributed by atoms with Gasteiger partial charge < -0.3 is 9.30 Å². The van der Waals surface area contributed by atoms with Gasteiger partial charge in [-0.05, 0) is 31.4 Å². The summed E-state index contributed by atoms with van der Waals surface area (Å²) in [5.41, 5.74) is 6.17. The predicted octanol–water partition coefficient (Wildman–Crippen LogP) is 3.53. The molecule has 5 rings (SSSR count). The van der Waals surface area contributed by atoms with E-state index in [4.69, 9.17) is 4.74 Å². The number of fused-ring (bicyclic) bond motifs is 4. The van der Waals surface area contributed by atoms with Crippen molar-refractivity contribution in [2.75, 3.05) is 20.2 Å². The lowest BCUT2D eigenvalue weighted by atomic mass is 9.79. The summed E-state index contributed by atoms with van der Waals surface area (Å²) in [6.45, 7) is 4.12. The van der Waals surface area contributed by atoms with Crippen molar-refractivity contribution in [3.8, 4) is 0 Å². The molecule has 0 aliphatic carbocycles. The lowest BCUT2D eigenvalue weighted by molar-refractivity contribution is -0.136. The molecular formula is C21H22N2O2. The summed E-state index contributed by atoms with van der Waals surface area (Å²) in [5.74, 6) is -0.0497. The summed E-state index contributed by atoms with van der Waals surface area (Å²) in [7, 11) is 1.48. The predicted molar refractivity (Wildman–Crippen MR) is 98.1 cm³/mol. The van der Waals surface area contributed by atoms with Crippen LogP contribution < -0.4 is 0 Å². The Balaban J connectivity index is 1.85. The van der Waals surface area contributed by atoms with Crippen molar-refractivity contribution >= 4 is 23.1 Å². The van der Waals surface area contributed by atoms with Gasteiger partial charge in [0.1, 0.15) is 0 Å². The minimum absolute atomic E-state index is 0.156. The number of piperidine rings is 1. The highest BCUT2D eigenvalue weighted by molar-refractivity contribution is 5.96. The number of rotatable bonds is 1. The number of benzene rings is 1. The van der Waals surface area contributed by atoms with Gasteiger partial charge in [0.25, 0.3) is 0 Å². The van der Waals surface area contributed by atoms with Crippen LogP contribution in [0, 0.1) is 5.92 Å². The summed E-state index contributed by atoms with van der Waals surface area (Å²) >= 11 is 0. The van der Waals surface area contributed by atoms with E-state index in [-0.39, 0.29) is 11.9 Å². The van der Waals surface area contributed by atoms with E-state index in [1.807, 2.05) is 0 Å². The first-order valence-corrected chi connectivity index (χ1v) is 9.03. The summed E-state index contributed by atoms with van der Waals surface area (Å²) in [5, 5.41) is 1.33. The zero-order chi connectivity index (χ0) is 17.1. The maximum Gasteiger partial charge on any atom is 0.335 e. The standard InChI is InChI=1S/C21H22N2O2/c1-3-13-11-22-9-8-15-14-6-4-5-7-18(14)23-12-17(21(24)25-2)16(13)10-19(22)20(15)23/h3-7,12,16,19H,8-11H2,1-2H3/t16-,19-/m0/s1. The van der Waals surface area contributed by atoms with Gasteiger partial charge in [-0.1, -0.05) is 29.8 Å². The van der Waals surface area contributed by atoms with E-state index in [0.717, 1.165) is 31.5 Å². The molecule has 4 nitrogen and oxygen atoms in total. The summed E-state index contributed by atoms with van der Waals surface area (Å²) in [6, 6.07) is 8.94. The molecule has 1 aromatic heterocycles. The van der Waals surface area contributed by atoms with E-state index in [1.54, 1.807) is 0 Å². The molecule has 1 fully saturated rings. The minimum Gasteiger partial charge on any atom is -0.466 e. The van der Waals surface area contributed by atoms with Crippen LogP contribution in [-0.4, -0.2) is 35.6 Å². The smallest absolute Gasteiger partial charge is 0.335 e. The number of hydrogen-bond donors (Lipinski definition) is 0. The van der Waals surface area contributed by atoms with Crippen molar-refractivity contribution in [1.82, 2.24) is 9.47 Å². The minimum atomic E-state index is -0.206. The second-order valence-electron chi connectivity index (χ2n) is 7.22. The Bertz CT molecular complexity index is 950. The lowest BCUT2D eigenvalue weighted by Gasteiger charge is -2.43. The van der Waals surface area contributed by atoms with Crippen LogP contribution in [0.5, 0.6) is 0 Å². The largest absolute Gasteiger partial charge is 0.466 e. The molecule has 0 radical (unpaired) electrons. The van der Waals surface area contributed by atoms with Crippen LogP contribution in [0.25, 0.3) is 17.1 Å². The number of aromatic nitrogens is 1. The van der Waals surface area contributed by atoms with Crippen LogP contribution in [0.15, 0.2) is 41.5 Å². The number of carbonyl (C=O) groups is 1. The number of nitrogens with zero attached hydrogens (tertiary/aromatic N) is 2. The maximum atomic E-state index is 12.6. The Hall–Kier alpha value is -2.33. The number of allylic oxidation sites excluding steroid dienone is 1. The van der Waals surface area contributed by atoms with Crippen molar-refractivity contribution in [2.45, 2.75) is 25.8 Å². The van der Waals surface area contributed by atoms with Gasteiger partial charge in [0, 0.05) is 36.3 Å². The molecule has 2 aromatic rings. The van der Waals surface area contributed by atoms with Crippen molar-refractivity contribution < 1.29 is 9.53 Å². The van der Waals surface area contributed by atoms with Gasteiger partial charge in [0.15, 0.2) is 0 Å². The van der Waals surface area contributed by atoms with Crippen molar-refractivity contribution in [3.63, 3.8) is 0 Å². The highest BCUT2D eigenvalue weighted by Crippen LogP contribution is 2.48. The van der Waals surface area contributed by atoms with Crippen LogP contribution >= 0.6 is 0 Å². The first-order valence-electron chi connectivity index (χ1n) is 9.03. The molecule has 2 atom stereocenters. The normalized spacial score (nSPS) is 26.5. The molecule has 128 valence electrons. The fourth-order valence-corrected chi connectivity index (χ4v) is 5.03. The van der Waals surface area contributed by atoms with Gasteiger partial charge >= 0.3 is 5.97 Å². The van der Waals surface area contributed by atoms with Crippen LogP contribution in [0.4, 0.5) is 0 Å². The van der Waals surface area contributed by atoms with Crippen molar-refractivity contribution in [1.29, 1.82) is 0 Å². The Morgan fingerprint density at radius 3 is 2.96 bits per heavy atom. The zero-order valence-electron chi connectivity index (χ0n) is 14.7. The van der Waals surface area contributed by atoms with E-state index < -0.39 is 0 Å². The second-order valence-corrected chi connectivity index (χ2v) is 7.22. The fraction of sp³-hybridized carbons (Fsp3) is 0.381. The van der Waals surface area contributed by atoms with E-state index in [0.29, 0.717) is 6.04 Å². The molecule has 0 N–H and O–H groups in total. The average Bonchev–Trinajstić information content (AvgIpc) is 2.88. The molecule has 25 heavy (non-hydrogen) atoms. The molecule has 4 heterocycles. The lowest BCUT2D eigenvalue weighted by Crippen LogP contribution is -2.43. The molecule has 0 saturated carbocycles. The van der Waals surface area contributed by atoms with E-state index >= 15 is 0 Å². The quantitative estimate of drug-likeness (QED) is 0.591. The molecule has 1 saturated heterocycles. The molecule has 1 aromatic carbocycles. The van der Waals surface area contributed by atoms with Crippen LogP contribution in [-0.2, 0) is 16.0 Å². The van der Waals surface area contributed by atoms with Crippen molar-refractivity contribution in [3.05, 3.63) is 52.7 Å². The van der Waals surface area contributed by atoms with Crippen LogP contribution in [0.2, 0.25) is 0 Å². The number of hydrogen-bond acceptors (Lipinski definition) is 3. The molecule has 3 aliphatic heterocycles. The molecule has 3 aliphatic rings. The molecule has 0 unspecified atom stereocenters. The van der Waals surface area contributed by atoms with E-state index in [9.17, 15) is 4.79 Å². The van der Waals surface area contributed by atoms with Crippen LogP contribution in [0.3, 0.4) is 0 Å². The molecule has 2 bridgehead atoms. The third kappa shape index (κ3) is 1.94. The Morgan fingerprint density at radius 2 is 2.16 bits per heavy atom. The Morgan fingerprint density at radius 1 is 1.32 bits per heavy atom. The summed E-state index contributed by atoms with van der Waals surface area (Å²) in [4.78, 5) is 15.2. The third-order valence-corrected chi connectivity index (χ3v) is 6.19. The number of esters is 1. The topological polar surface area (TPSA) is 34.5 Å². The SMILES string of the molecule is CC=C1CN2CCc3c4n(c5ccccc35)C=C(C(=O)OC)[C@H]1C[C@@H]42. The molecule has 4 heteroatoms. The van der Waals surface area contributed by atoms with E-state index in [1.165, 1.54) is 34.8 Å².